The molecular formula is C12H20N2O3. The van der Waals surface area contributed by atoms with Gasteiger partial charge in [-0.15, -0.1) is 0 Å². The van der Waals surface area contributed by atoms with Gasteiger partial charge in [-0.2, -0.15) is 0 Å². The Bertz CT molecular complexity index is 337. The second-order valence-corrected chi connectivity index (χ2v) is 4.67. The molecule has 0 aromatic rings. The lowest BCUT2D eigenvalue weighted by molar-refractivity contribution is -0.146. The third kappa shape index (κ3) is 3.54. The number of urea groups is 1. The van der Waals surface area contributed by atoms with E-state index in [2.05, 4.69) is 24.2 Å². The third-order valence-corrected chi connectivity index (χ3v) is 2.71. The smallest absolute Gasteiger partial charge is 0.341 e. The lowest BCUT2D eigenvalue weighted by Crippen LogP contribution is -2.50. The highest BCUT2D eigenvalue weighted by Gasteiger charge is 2.36. The van der Waals surface area contributed by atoms with Gasteiger partial charge < -0.3 is 10.1 Å². The van der Waals surface area contributed by atoms with Crippen molar-refractivity contribution < 1.29 is 14.3 Å². The summed E-state index contributed by atoms with van der Waals surface area (Å²) in [6, 6.07) is -0.576. The van der Waals surface area contributed by atoms with Gasteiger partial charge in [0.25, 0.3) is 0 Å². The SMILES string of the molecule is CCOC(=O)C1C(C)=NC(=O)NC1CC(C)C. The standard InChI is InChI=1S/C12H20N2O3/c1-5-17-11(15)10-8(4)13-12(16)14-9(10)6-7(2)3/h7,9-10H,5-6H2,1-4H3,(H,14,16). The van der Waals surface area contributed by atoms with Crippen molar-refractivity contribution in [1.82, 2.24) is 5.32 Å². The van der Waals surface area contributed by atoms with E-state index >= 15 is 0 Å². The summed E-state index contributed by atoms with van der Waals surface area (Å²) in [5.74, 6) is -0.363. The number of amides is 2. The molecule has 0 fully saturated rings. The molecule has 17 heavy (non-hydrogen) atoms. The first-order valence-electron chi connectivity index (χ1n) is 5.98. The monoisotopic (exact) mass is 240 g/mol. The van der Waals surface area contributed by atoms with Crippen LogP contribution in [-0.4, -0.2) is 30.4 Å². The maximum Gasteiger partial charge on any atom is 0.341 e. The van der Waals surface area contributed by atoms with E-state index in [0.29, 0.717) is 18.2 Å². The Morgan fingerprint density at radius 3 is 2.71 bits per heavy atom. The van der Waals surface area contributed by atoms with Gasteiger partial charge in [-0.25, -0.2) is 9.79 Å². The van der Waals surface area contributed by atoms with E-state index in [9.17, 15) is 9.59 Å². The van der Waals surface area contributed by atoms with Gasteiger partial charge in [-0.1, -0.05) is 13.8 Å². The van der Waals surface area contributed by atoms with E-state index < -0.39 is 5.92 Å². The predicted octanol–water partition coefficient (Wildman–Crippen LogP) is 1.76. The number of nitrogens with one attached hydrogen (secondary N) is 1. The molecule has 0 saturated heterocycles. The number of carbonyl (C=O) groups excluding carboxylic acids is 2. The number of hydrogen-bond acceptors (Lipinski definition) is 3. The average molecular weight is 240 g/mol. The molecule has 0 spiro atoms. The van der Waals surface area contributed by atoms with Crippen molar-refractivity contribution in [3.63, 3.8) is 0 Å². The molecule has 0 saturated carbocycles. The third-order valence-electron chi connectivity index (χ3n) is 2.71. The maximum atomic E-state index is 11.9. The number of nitrogens with zero attached hydrogens (tertiary/aromatic N) is 1. The maximum absolute atomic E-state index is 11.9. The fraction of sp³-hybridized carbons (Fsp3) is 0.750. The molecule has 5 heteroatoms. The molecule has 2 atom stereocenters. The molecule has 0 bridgehead atoms. The number of esters is 1. The van der Waals surface area contributed by atoms with Crippen LogP contribution in [0.2, 0.25) is 0 Å². The van der Waals surface area contributed by atoms with E-state index in [0.717, 1.165) is 6.42 Å². The normalized spacial score (nSPS) is 24.3. The first-order chi connectivity index (χ1) is 7.95. The van der Waals surface area contributed by atoms with Crippen LogP contribution in [0, 0.1) is 11.8 Å². The molecule has 2 unspecified atom stereocenters. The van der Waals surface area contributed by atoms with Crippen LogP contribution in [0.1, 0.15) is 34.1 Å². The molecule has 0 aliphatic carbocycles. The summed E-state index contributed by atoms with van der Waals surface area (Å²) in [5.41, 5.74) is 0.540. The van der Waals surface area contributed by atoms with Gasteiger partial charge in [-0.05, 0) is 26.2 Å². The summed E-state index contributed by atoms with van der Waals surface area (Å²) in [4.78, 5) is 27.0. The van der Waals surface area contributed by atoms with Gasteiger partial charge in [0, 0.05) is 11.8 Å². The number of aliphatic imine (C=N–C) groups is 1. The molecule has 0 radical (unpaired) electrons. The lowest BCUT2D eigenvalue weighted by Gasteiger charge is -2.30. The molecular weight excluding hydrogens is 220 g/mol. The Labute approximate surface area is 102 Å². The van der Waals surface area contributed by atoms with E-state index in [-0.39, 0.29) is 18.0 Å². The van der Waals surface area contributed by atoms with Crippen molar-refractivity contribution in [3.8, 4) is 0 Å². The van der Waals surface area contributed by atoms with Crippen LogP contribution >= 0.6 is 0 Å². The summed E-state index contributed by atoms with van der Waals surface area (Å²) < 4.78 is 5.03. The summed E-state index contributed by atoms with van der Waals surface area (Å²) in [6.45, 7) is 7.91. The van der Waals surface area contributed by atoms with Gasteiger partial charge in [-0.3, -0.25) is 4.79 Å². The Kier molecular flexibility index (Phi) is 4.66. The van der Waals surface area contributed by atoms with Crippen molar-refractivity contribution in [2.75, 3.05) is 6.61 Å². The zero-order valence-corrected chi connectivity index (χ0v) is 10.8. The fourth-order valence-corrected chi connectivity index (χ4v) is 2.06. The van der Waals surface area contributed by atoms with Gasteiger partial charge in [0.1, 0.15) is 5.92 Å². The lowest BCUT2D eigenvalue weighted by atomic mass is 9.88. The van der Waals surface area contributed by atoms with Crippen LogP contribution in [0.4, 0.5) is 4.79 Å². The number of ether oxygens (including phenoxy) is 1. The highest BCUT2D eigenvalue weighted by molar-refractivity contribution is 6.08. The van der Waals surface area contributed by atoms with Crippen LogP contribution in [0.15, 0.2) is 4.99 Å². The van der Waals surface area contributed by atoms with Crippen LogP contribution in [0.3, 0.4) is 0 Å². The Balaban J connectivity index is 2.88. The molecule has 1 rings (SSSR count). The first-order valence-corrected chi connectivity index (χ1v) is 5.98. The molecule has 5 nitrogen and oxygen atoms in total. The average Bonchev–Trinajstić information content (AvgIpc) is 2.15. The second-order valence-electron chi connectivity index (χ2n) is 4.67. The van der Waals surface area contributed by atoms with Gasteiger partial charge in [0.05, 0.1) is 6.61 Å². The minimum absolute atomic E-state index is 0.209. The molecule has 1 aliphatic heterocycles. The van der Waals surface area contributed by atoms with Gasteiger partial charge >= 0.3 is 12.0 Å². The quantitative estimate of drug-likeness (QED) is 0.761. The molecule has 1 aliphatic rings. The van der Waals surface area contributed by atoms with Crippen molar-refractivity contribution in [2.24, 2.45) is 16.8 Å². The summed E-state index contributed by atoms with van der Waals surface area (Å²) in [7, 11) is 0. The highest BCUT2D eigenvalue weighted by Crippen LogP contribution is 2.20. The van der Waals surface area contributed by atoms with Crippen molar-refractivity contribution in [1.29, 1.82) is 0 Å². The van der Waals surface area contributed by atoms with E-state index in [1.54, 1.807) is 13.8 Å². The van der Waals surface area contributed by atoms with E-state index in [1.165, 1.54) is 0 Å². The van der Waals surface area contributed by atoms with E-state index in [1.807, 2.05) is 0 Å². The Morgan fingerprint density at radius 2 is 2.18 bits per heavy atom. The fourth-order valence-electron chi connectivity index (χ4n) is 2.06. The molecule has 96 valence electrons. The van der Waals surface area contributed by atoms with Crippen molar-refractivity contribution >= 4 is 17.7 Å². The summed E-state index contributed by atoms with van der Waals surface area (Å²) in [6.07, 6.45) is 0.738. The number of hydrogen-bond donors (Lipinski definition) is 1. The molecule has 0 aromatic carbocycles. The predicted molar refractivity (Wildman–Crippen MR) is 65.0 cm³/mol. The first kappa shape index (κ1) is 13.7. The molecule has 0 aromatic heterocycles. The Hall–Kier alpha value is -1.39. The highest BCUT2D eigenvalue weighted by atomic mass is 16.5. The minimum atomic E-state index is -0.449. The molecule has 1 N–H and O–H groups in total. The van der Waals surface area contributed by atoms with Crippen LogP contribution < -0.4 is 5.32 Å². The topological polar surface area (TPSA) is 67.8 Å². The summed E-state index contributed by atoms with van der Waals surface area (Å²) >= 11 is 0. The molecule has 1 heterocycles. The number of carbonyl (C=O) groups is 2. The van der Waals surface area contributed by atoms with Crippen molar-refractivity contribution in [3.05, 3.63) is 0 Å². The number of rotatable bonds is 4. The van der Waals surface area contributed by atoms with Gasteiger partial charge in [0.2, 0.25) is 0 Å². The Morgan fingerprint density at radius 1 is 1.53 bits per heavy atom. The van der Waals surface area contributed by atoms with Crippen LogP contribution in [-0.2, 0) is 9.53 Å². The van der Waals surface area contributed by atoms with Crippen LogP contribution in [0.5, 0.6) is 0 Å². The molecule has 2 amide bonds. The largest absolute Gasteiger partial charge is 0.465 e. The van der Waals surface area contributed by atoms with Crippen LogP contribution in [0.25, 0.3) is 0 Å². The second kappa shape index (κ2) is 5.80. The summed E-state index contributed by atoms with van der Waals surface area (Å²) in [5, 5.41) is 2.74. The minimum Gasteiger partial charge on any atom is -0.465 e. The van der Waals surface area contributed by atoms with E-state index in [4.69, 9.17) is 4.74 Å². The van der Waals surface area contributed by atoms with Crippen molar-refractivity contribution in [2.45, 2.75) is 40.2 Å². The zero-order valence-electron chi connectivity index (χ0n) is 10.8. The van der Waals surface area contributed by atoms with Gasteiger partial charge in [0.15, 0.2) is 0 Å². The zero-order chi connectivity index (χ0) is 13.0.